The number of ether oxygens (including phenoxy) is 2. The van der Waals surface area contributed by atoms with E-state index in [1.54, 1.807) is 36.3 Å². The van der Waals surface area contributed by atoms with Crippen LogP contribution >= 0.6 is 0 Å². The molecule has 0 N–H and O–H groups in total. The highest BCUT2D eigenvalue weighted by molar-refractivity contribution is 7.89. The molecule has 9 heteroatoms. The lowest BCUT2D eigenvalue weighted by molar-refractivity contribution is -0.0857. The van der Waals surface area contributed by atoms with Gasteiger partial charge in [-0.25, -0.2) is 12.8 Å². The number of hydrogen-bond donors (Lipinski definition) is 0. The molecule has 2 aromatic carbocycles. The van der Waals surface area contributed by atoms with E-state index in [0.717, 1.165) is 12.1 Å². The van der Waals surface area contributed by atoms with Gasteiger partial charge in [0.15, 0.2) is 0 Å². The number of sulfonamides is 1. The number of piperidine rings is 1. The first-order chi connectivity index (χ1) is 14.4. The maximum absolute atomic E-state index is 13.2. The summed E-state index contributed by atoms with van der Waals surface area (Å²) in [6.45, 7) is 1.26. The van der Waals surface area contributed by atoms with Crippen LogP contribution in [0.5, 0.6) is 5.75 Å². The second kappa shape index (κ2) is 7.98. The van der Waals surface area contributed by atoms with Crippen molar-refractivity contribution in [2.75, 3.05) is 33.4 Å². The van der Waals surface area contributed by atoms with E-state index in [-0.39, 0.29) is 24.0 Å². The molecule has 7 nitrogen and oxygen atoms in total. The van der Waals surface area contributed by atoms with Crippen molar-refractivity contribution in [2.24, 2.45) is 0 Å². The Bertz CT molecular complexity index is 1020. The maximum atomic E-state index is 13.2. The largest absolute Gasteiger partial charge is 0.497 e. The van der Waals surface area contributed by atoms with Gasteiger partial charge in [0.1, 0.15) is 17.3 Å². The summed E-state index contributed by atoms with van der Waals surface area (Å²) in [6.07, 6.45) is 0.741. The van der Waals surface area contributed by atoms with Crippen molar-refractivity contribution in [3.8, 4) is 5.75 Å². The first-order valence-electron chi connectivity index (χ1n) is 9.71. The zero-order chi connectivity index (χ0) is 21.4. The minimum absolute atomic E-state index is 0.0329. The number of methoxy groups -OCH3 is 1. The van der Waals surface area contributed by atoms with E-state index in [0.29, 0.717) is 37.2 Å². The molecule has 0 atom stereocenters. The molecule has 1 amide bonds. The molecule has 1 spiro atoms. The molecule has 0 unspecified atom stereocenters. The van der Waals surface area contributed by atoms with E-state index in [9.17, 15) is 17.6 Å². The van der Waals surface area contributed by atoms with Gasteiger partial charge in [0.25, 0.3) is 5.91 Å². The third-order valence-electron chi connectivity index (χ3n) is 5.69. The minimum atomic E-state index is -3.84. The summed E-state index contributed by atoms with van der Waals surface area (Å²) in [5, 5.41) is 0. The lowest BCUT2D eigenvalue weighted by Crippen LogP contribution is -2.55. The molecule has 0 aromatic heterocycles. The van der Waals surface area contributed by atoms with Gasteiger partial charge in [-0.15, -0.1) is 0 Å². The fraction of sp³-hybridized carbons (Fsp3) is 0.381. The Labute approximate surface area is 175 Å². The van der Waals surface area contributed by atoms with Crippen LogP contribution in [0.25, 0.3) is 0 Å². The molecule has 2 fully saturated rings. The Balaban J connectivity index is 1.49. The Morgan fingerprint density at radius 2 is 1.67 bits per heavy atom. The fourth-order valence-electron chi connectivity index (χ4n) is 4.04. The maximum Gasteiger partial charge on any atom is 0.253 e. The predicted octanol–water partition coefficient (Wildman–Crippen LogP) is 2.49. The Morgan fingerprint density at radius 3 is 2.27 bits per heavy atom. The van der Waals surface area contributed by atoms with E-state index < -0.39 is 21.6 Å². The predicted molar refractivity (Wildman–Crippen MR) is 107 cm³/mol. The van der Waals surface area contributed by atoms with Crippen LogP contribution in [0.2, 0.25) is 0 Å². The number of hydrogen-bond acceptors (Lipinski definition) is 5. The topological polar surface area (TPSA) is 76.2 Å². The molecular formula is C21H23FN2O5S. The lowest BCUT2D eigenvalue weighted by atomic mass is 10.00. The van der Waals surface area contributed by atoms with Gasteiger partial charge < -0.3 is 14.4 Å². The molecule has 4 rings (SSSR count). The monoisotopic (exact) mass is 434 g/mol. The third-order valence-corrected chi connectivity index (χ3v) is 7.65. The van der Waals surface area contributed by atoms with Gasteiger partial charge >= 0.3 is 0 Å². The van der Waals surface area contributed by atoms with Crippen molar-refractivity contribution in [1.29, 1.82) is 0 Å². The first-order valence-corrected chi connectivity index (χ1v) is 11.2. The fourth-order valence-corrected chi connectivity index (χ4v) is 5.76. The number of amides is 1. The highest BCUT2D eigenvalue weighted by Crippen LogP contribution is 2.38. The van der Waals surface area contributed by atoms with E-state index >= 15 is 0 Å². The van der Waals surface area contributed by atoms with Crippen LogP contribution in [0.4, 0.5) is 4.39 Å². The third kappa shape index (κ3) is 3.68. The highest BCUT2D eigenvalue weighted by Gasteiger charge is 2.51. The second-order valence-electron chi connectivity index (χ2n) is 7.35. The first kappa shape index (κ1) is 20.8. The van der Waals surface area contributed by atoms with Crippen LogP contribution in [0.1, 0.15) is 23.2 Å². The number of rotatable bonds is 4. The number of carbonyl (C=O) groups is 1. The zero-order valence-corrected chi connectivity index (χ0v) is 17.4. The summed E-state index contributed by atoms with van der Waals surface area (Å²) in [5.41, 5.74) is -0.431. The van der Waals surface area contributed by atoms with Crippen LogP contribution in [-0.4, -0.2) is 62.6 Å². The Hall–Kier alpha value is -2.49. The Kier molecular flexibility index (Phi) is 5.52. The standard InChI is InChI=1S/C21H23FN2O5S/c1-28-18-6-2-16(3-7-18)20(25)23-12-10-21(11-13-23)24(14-15-29-21)30(26,27)19-8-4-17(22)5-9-19/h2-9H,10-15H2,1H3. The Morgan fingerprint density at radius 1 is 1.03 bits per heavy atom. The number of likely N-dealkylation sites (tertiary alicyclic amines) is 1. The average Bonchev–Trinajstić information content (AvgIpc) is 3.18. The van der Waals surface area contributed by atoms with Gasteiger partial charge in [0.05, 0.1) is 18.6 Å². The molecule has 0 aliphatic carbocycles. The van der Waals surface area contributed by atoms with Crippen molar-refractivity contribution in [3.63, 3.8) is 0 Å². The van der Waals surface area contributed by atoms with Gasteiger partial charge in [-0.1, -0.05) is 0 Å². The van der Waals surface area contributed by atoms with Crippen molar-refractivity contribution in [3.05, 3.63) is 59.9 Å². The lowest BCUT2D eigenvalue weighted by Gasteiger charge is -2.42. The molecule has 2 aliphatic rings. The van der Waals surface area contributed by atoms with E-state index in [1.165, 1.54) is 16.4 Å². The highest BCUT2D eigenvalue weighted by atomic mass is 32.2. The molecular weight excluding hydrogens is 411 g/mol. The number of carbonyl (C=O) groups excluding carboxylic acids is 1. The molecule has 0 bridgehead atoms. The molecule has 30 heavy (non-hydrogen) atoms. The van der Waals surface area contributed by atoms with Crippen molar-refractivity contribution in [1.82, 2.24) is 9.21 Å². The van der Waals surface area contributed by atoms with Gasteiger partial charge in [-0.05, 0) is 48.5 Å². The van der Waals surface area contributed by atoms with Crippen LogP contribution in [0.15, 0.2) is 53.4 Å². The van der Waals surface area contributed by atoms with E-state index in [2.05, 4.69) is 0 Å². The van der Waals surface area contributed by atoms with Gasteiger partial charge in [-0.3, -0.25) is 4.79 Å². The van der Waals surface area contributed by atoms with E-state index in [4.69, 9.17) is 9.47 Å². The second-order valence-corrected chi connectivity index (χ2v) is 9.21. The number of nitrogens with zero attached hydrogens (tertiary/aromatic N) is 2. The molecule has 2 heterocycles. The molecule has 2 saturated heterocycles. The zero-order valence-electron chi connectivity index (χ0n) is 16.6. The average molecular weight is 434 g/mol. The summed E-state index contributed by atoms with van der Waals surface area (Å²) in [4.78, 5) is 14.6. The molecule has 2 aliphatic heterocycles. The summed E-state index contributed by atoms with van der Waals surface area (Å²) in [6, 6.07) is 11.7. The normalized spacial score (nSPS) is 19.2. The molecule has 0 saturated carbocycles. The molecule has 2 aromatic rings. The van der Waals surface area contributed by atoms with Crippen LogP contribution in [-0.2, 0) is 14.8 Å². The quantitative estimate of drug-likeness (QED) is 0.739. The number of benzene rings is 2. The summed E-state index contributed by atoms with van der Waals surface area (Å²) >= 11 is 0. The minimum Gasteiger partial charge on any atom is -0.497 e. The smallest absolute Gasteiger partial charge is 0.253 e. The van der Waals surface area contributed by atoms with Crippen LogP contribution in [0.3, 0.4) is 0 Å². The molecule has 0 radical (unpaired) electrons. The van der Waals surface area contributed by atoms with Crippen LogP contribution in [0, 0.1) is 5.82 Å². The summed E-state index contributed by atoms with van der Waals surface area (Å²) < 4.78 is 51.9. The van der Waals surface area contributed by atoms with Gasteiger partial charge in [-0.2, -0.15) is 4.31 Å². The van der Waals surface area contributed by atoms with Gasteiger partial charge in [0.2, 0.25) is 10.0 Å². The van der Waals surface area contributed by atoms with Gasteiger partial charge in [0, 0.05) is 38.0 Å². The van der Waals surface area contributed by atoms with Crippen molar-refractivity contribution < 1.29 is 27.1 Å². The summed E-state index contributed by atoms with van der Waals surface area (Å²) in [5.74, 6) is 0.0651. The SMILES string of the molecule is COc1ccc(C(=O)N2CCC3(CC2)OCCN3S(=O)(=O)c2ccc(F)cc2)cc1. The number of halogens is 1. The van der Waals surface area contributed by atoms with Crippen molar-refractivity contribution in [2.45, 2.75) is 23.5 Å². The molecule has 160 valence electrons. The van der Waals surface area contributed by atoms with Crippen LogP contribution < -0.4 is 4.74 Å². The van der Waals surface area contributed by atoms with Crippen molar-refractivity contribution >= 4 is 15.9 Å². The van der Waals surface area contributed by atoms with E-state index in [1.807, 2.05) is 0 Å². The summed E-state index contributed by atoms with van der Waals surface area (Å²) in [7, 11) is -2.27.